The largest absolute Gasteiger partial charge is 0.289 e. The van der Waals surface area contributed by atoms with E-state index in [0.29, 0.717) is 12.1 Å². The van der Waals surface area contributed by atoms with Crippen LogP contribution in [0.1, 0.15) is 18.5 Å². The lowest BCUT2D eigenvalue weighted by Crippen LogP contribution is -2.41. The zero-order valence-electron chi connectivity index (χ0n) is 10.1. The minimum Gasteiger partial charge on any atom is -0.289 e. The molecule has 1 aromatic rings. The number of likely N-dealkylation sites (tertiary alicyclic amines) is 1. The van der Waals surface area contributed by atoms with Gasteiger partial charge in [0.15, 0.2) is 0 Å². The van der Waals surface area contributed by atoms with E-state index in [9.17, 15) is 10.1 Å². The van der Waals surface area contributed by atoms with Crippen molar-refractivity contribution < 1.29 is 4.92 Å². The van der Waals surface area contributed by atoms with E-state index >= 15 is 0 Å². The molecule has 0 saturated carbocycles. The Morgan fingerprint density at radius 1 is 1.47 bits per heavy atom. The van der Waals surface area contributed by atoms with Gasteiger partial charge in [0.05, 0.1) is 0 Å². The third kappa shape index (κ3) is 1.65. The molecule has 1 fully saturated rings. The number of hydrogen-bond acceptors (Lipinski definition) is 3. The van der Waals surface area contributed by atoms with E-state index in [1.165, 1.54) is 0 Å². The predicted octanol–water partition coefficient (Wildman–Crippen LogP) is 2.26. The fourth-order valence-corrected chi connectivity index (χ4v) is 2.62. The molecule has 1 heterocycles. The fourth-order valence-electron chi connectivity index (χ4n) is 2.62. The van der Waals surface area contributed by atoms with Crippen molar-refractivity contribution in [3.8, 4) is 0 Å². The lowest BCUT2D eigenvalue weighted by Gasteiger charge is -2.27. The monoisotopic (exact) mass is 232 g/mol. The summed E-state index contributed by atoms with van der Waals surface area (Å²) in [6, 6.07) is 9.35. The third-order valence-electron chi connectivity index (χ3n) is 3.62. The highest BCUT2D eigenvalue weighted by atomic mass is 16.6. The Hall–Kier alpha value is -1.68. The normalized spacial score (nSPS) is 29.5. The van der Waals surface area contributed by atoms with Crippen LogP contribution in [0.4, 0.5) is 0 Å². The van der Waals surface area contributed by atoms with E-state index in [-0.39, 0.29) is 11.0 Å². The third-order valence-corrected chi connectivity index (χ3v) is 3.62. The Kier molecular flexibility index (Phi) is 2.75. The van der Waals surface area contributed by atoms with Crippen LogP contribution in [0.2, 0.25) is 0 Å². The van der Waals surface area contributed by atoms with E-state index in [1.54, 1.807) is 6.92 Å². The first-order valence-corrected chi connectivity index (χ1v) is 5.56. The summed E-state index contributed by atoms with van der Waals surface area (Å²) < 4.78 is 0. The zero-order valence-corrected chi connectivity index (χ0v) is 10.1. The van der Waals surface area contributed by atoms with Crippen molar-refractivity contribution in [1.82, 2.24) is 4.90 Å². The van der Waals surface area contributed by atoms with Crippen LogP contribution >= 0.6 is 0 Å². The Morgan fingerprint density at radius 2 is 2.06 bits per heavy atom. The molecule has 0 aromatic heterocycles. The predicted molar refractivity (Wildman–Crippen MR) is 66.4 cm³/mol. The van der Waals surface area contributed by atoms with Crippen molar-refractivity contribution >= 4 is 0 Å². The molecule has 0 aliphatic carbocycles. The lowest BCUT2D eigenvalue weighted by molar-refractivity contribution is -0.558. The topological polar surface area (TPSA) is 46.4 Å². The molecule has 0 amide bonds. The first kappa shape index (κ1) is 11.8. The Labute approximate surface area is 101 Å². The van der Waals surface area contributed by atoms with E-state index < -0.39 is 5.54 Å². The molecule has 17 heavy (non-hydrogen) atoms. The second kappa shape index (κ2) is 3.96. The van der Waals surface area contributed by atoms with E-state index in [0.717, 1.165) is 5.56 Å². The number of hydrogen-bond donors (Lipinski definition) is 0. The molecular weight excluding hydrogens is 216 g/mol. The van der Waals surface area contributed by atoms with Crippen LogP contribution in [-0.4, -0.2) is 29.0 Å². The van der Waals surface area contributed by atoms with Gasteiger partial charge >= 0.3 is 0 Å². The quantitative estimate of drug-likeness (QED) is 0.446. The molecule has 1 aliphatic rings. The molecule has 0 unspecified atom stereocenters. The van der Waals surface area contributed by atoms with Crippen molar-refractivity contribution in [2.45, 2.75) is 18.5 Å². The zero-order chi connectivity index (χ0) is 12.6. The fraction of sp³-hybridized carbons (Fsp3) is 0.385. The van der Waals surface area contributed by atoms with Gasteiger partial charge in [0.2, 0.25) is 0 Å². The second-order valence-corrected chi connectivity index (χ2v) is 4.74. The van der Waals surface area contributed by atoms with E-state index in [4.69, 9.17) is 0 Å². The van der Waals surface area contributed by atoms with Crippen molar-refractivity contribution in [3.63, 3.8) is 0 Å². The summed E-state index contributed by atoms with van der Waals surface area (Å²) in [6.45, 7) is 6.10. The van der Waals surface area contributed by atoms with Gasteiger partial charge in [0.1, 0.15) is 6.04 Å². The van der Waals surface area contributed by atoms with Crippen LogP contribution in [0.25, 0.3) is 0 Å². The van der Waals surface area contributed by atoms with Gasteiger partial charge in [-0.2, -0.15) is 0 Å². The van der Waals surface area contributed by atoms with Gasteiger partial charge in [0, 0.05) is 24.0 Å². The van der Waals surface area contributed by atoms with Crippen molar-refractivity contribution in [1.29, 1.82) is 0 Å². The number of rotatable bonds is 2. The summed E-state index contributed by atoms with van der Waals surface area (Å²) in [4.78, 5) is 13.2. The minimum atomic E-state index is -1.10. The number of likely N-dealkylation sites (N-methyl/N-ethyl adjacent to an activating group) is 1. The maximum absolute atomic E-state index is 11.4. The summed E-state index contributed by atoms with van der Waals surface area (Å²) in [6.07, 6.45) is 0. The van der Waals surface area contributed by atoms with Gasteiger partial charge in [-0.3, -0.25) is 15.0 Å². The highest BCUT2D eigenvalue weighted by Crippen LogP contribution is 2.43. The summed E-state index contributed by atoms with van der Waals surface area (Å²) >= 11 is 0. The molecule has 0 spiro atoms. The van der Waals surface area contributed by atoms with Crippen LogP contribution < -0.4 is 0 Å². The smallest absolute Gasteiger partial charge is 0.260 e. The molecule has 0 bridgehead atoms. The number of nitro groups is 1. The molecular formula is C13H16N2O2. The van der Waals surface area contributed by atoms with Crippen molar-refractivity contribution in [2.24, 2.45) is 0 Å². The maximum atomic E-state index is 11.4. The van der Waals surface area contributed by atoms with Crippen molar-refractivity contribution in [3.05, 3.63) is 58.2 Å². The highest BCUT2D eigenvalue weighted by molar-refractivity contribution is 5.32. The lowest BCUT2D eigenvalue weighted by atomic mass is 9.85. The Balaban J connectivity index is 2.51. The van der Waals surface area contributed by atoms with Gasteiger partial charge < -0.3 is 0 Å². The molecule has 4 heteroatoms. The molecule has 1 saturated heterocycles. The average Bonchev–Trinajstić information content (AvgIpc) is 2.52. The summed E-state index contributed by atoms with van der Waals surface area (Å²) in [5.41, 5.74) is 0.530. The number of nitrogens with zero attached hydrogens (tertiary/aromatic N) is 2. The highest BCUT2D eigenvalue weighted by Gasteiger charge is 2.55. The summed E-state index contributed by atoms with van der Waals surface area (Å²) in [5, 5.41) is 11.4. The van der Waals surface area contributed by atoms with Gasteiger partial charge in [-0.15, -0.1) is 0 Å². The maximum Gasteiger partial charge on any atom is 0.260 e. The standard InChI is InChI=1S/C13H16N2O2/c1-10-9-14(3)12(13(10,2)15(16)17)11-7-5-4-6-8-11/h4-8,12H,1,9H2,2-3H3/t12-,13+/m0/s1. The van der Waals surface area contributed by atoms with Gasteiger partial charge in [-0.1, -0.05) is 36.9 Å². The second-order valence-electron chi connectivity index (χ2n) is 4.74. The molecule has 2 atom stereocenters. The Morgan fingerprint density at radius 3 is 2.59 bits per heavy atom. The molecule has 4 nitrogen and oxygen atoms in total. The molecule has 0 N–H and O–H groups in total. The molecule has 1 aliphatic heterocycles. The summed E-state index contributed by atoms with van der Waals surface area (Å²) in [7, 11) is 1.90. The van der Waals surface area contributed by atoms with Crippen LogP contribution in [0.5, 0.6) is 0 Å². The molecule has 2 rings (SSSR count). The van der Waals surface area contributed by atoms with E-state index in [1.807, 2.05) is 42.3 Å². The van der Waals surface area contributed by atoms with Gasteiger partial charge in [-0.05, 0) is 12.6 Å². The molecule has 0 radical (unpaired) electrons. The first-order chi connectivity index (χ1) is 7.98. The van der Waals surface area contributed by atoms with Crippen LogP contribution in [0.15, 0.2) is 42.5 Å². The van der Waals surface area contributed by atoms with Crippen LogP contribution in [-0.2, 0) is 0 Å². The average molecular weight is 232 g/mol. The number of benzene rings is 1. The molecule has 1 aromatic carbocycles. The Bertz CT molecular complexity index is 458. The SMILES string of the molecule is C=C1CN(C)[C@@H](c2ccccc2)[C@]1(C)[N+](=O)[O-]. The van der Waals surface area contributed by atoms with Gasteiger partial charge in [-0.25, -0.2) is 0 Å². The molecule has 90 valence electrons. The van der Waals surface area contributed by atoms with Crippen LogP contribution in [0, 0.1) is 10.1 Å². The van der Waals surface area contributed by atoms with Gasteiger partial charge in [0.25, 0.3) is 5.54 Å². The first-order valence-electron chi connectivity index (χ1n) is 5.56. The minimum absolute atomic E-state index is 0.212. The summed E-state index contributed by atoms with van der Waals surface area (Å²) in [5.74, 6) is 0. The van der Waals surface area contributed by atoms with Crippen molar-refractivity contribution in [2.75, 3.05) is 13.6 Å². The van der Waals surface area contributed by atoms with Crippen LogP contribution in [0.3, 0.4) is 0 Å². The van der Waals surface area contributed by atoms with E-state index in [2.05, 4.69) is 6.58 Å².